The summed E-state index contributed by atoms with van der Waals surface area (Å²) >= 11 is 0. The molecular formula is C27H32N8O2. The summed E-state index contributed by atoms with van der Waals surface area (Å²) in [6.07, 6.45) is 4.39. The molecule has 2 N–H and O–H groups in total. The molecular weight excluding hydrogens is 468 g/mol. The van der Waals surface area contributed by atoms with Crippen LogP contribution in [-0.4, -0.2) is 65.5 Å². The van der Waals surface area contributed by atoms with Gasteiger partial charge in [-0.25, -0.2) is 9.97 Å². The molecule has 1 fully saturated rings. The van der Waals surface area contributed by atoms with Gasteiger partial charge in [0.15, 0.2) is 11.5 Å². The molecule has 0 saturated carbocycles. The molecule has 0 radical (unpaired) electrons. The number of pyridine rings is 1. The summed E-state index contributed by atoms with van der Waals surface area (Å²) in [7, 11) is 2.14. The van der Waals surface area contributed by atoms with E-state index in [4.69, 9.17) is 4.74 Å². The van der Waals surface area contributed by atoms with E-state index in [0.29, 0.717) is 29.7 Å². The lowest BCUT2D eigenvalue weighted by Gasteiger charge is -2.33. The van der Waals surface area contributed by atoms with Crippen molar-refractivity contribution in [2.75, 3.05) is 60.2 Å². The molecule has 2 aliphatic heterocycles. The Bertz CT molecular complexity index is 1300. The Balaban J connectivity index is 1.31. The van der Waals surface area contributed by atoms with Crippen LogP contribution in [0.1, 0.15) is 18.9 Å². The number of nitrogens with one attached hydrogen (secondary N) is 2. The van der Waals surface area contributed by atoms with Crippen molar-refractivity contribution in [2.24, 2.45) is 0 Å². The summed E-state index contributed by atoms with van der Waals surface area (Å²) in [5.74, 6) is 2.62. The topological polar surface area (TPSA) is 98.8 Å². The van der Waals surface area contributed by atoms with Crippen molar-refractivity contribution in [3.8, 4) is 5.75 Å². The predicted molar refractivity (Wildman–Crippen MR) is 146 cm³/mol. The molecule has 0 unspecified atom stereocenters. The summed E-state index contributed by atoms with van der Waals surface area (Å²) in [6, 6.07) is 9.63. The molecule has 37 heavy (non-hydrogen) atoms. The van der Waals surface area contributed by atoms with E-state index < -0.39 is 0 Å². The van der Waals surface area contributed by atoms with Crippen molar-refractivity contribution >= 4 is 40.6 Å². The van der Waals surface area contributed by atoms with Crippen LogP contribution in [0.25, 0.3) is 0 Å². The standard InChI is InChI=1S/C27H32N8O2/c1-5-10-35-22-15-20(6-8-23(22)37-19(3)26(35)36)30-25-18(2)16-29-27(32-25)31-21-7-9-24(28-17-21)34-13-11-33(4)12-14-34/h6-9,15-17H,3,5,10-14H2,1-2,4H3,(H2,29,30,31,32). The van der Waals surface area contributed by atoms with Gasteiger partial charge in [-0.15, -0.1) is 0 Å². The fraction of sp³-hybridized carbons (Fsp3) is 0.333. The maximum atomic E-state index is 12.6. The number of hydrogen-bond donors (Lipinski definition) is 2. The number of benzene rings is 1. The summed E-state index contributed by atoms with van der Waals surface area (Å²) in [5, 5.41) is 6.60. The minimum atomic E-state index is -0.219. The smallest absolute Gasteiger partial charge is 0.293 e. The van der Waals surface area contributed by atoms with Crippen LogP contribution in [0.5, 0.6) is 5.75 Å². The summed E-state index contributed by atoms with van der Waals surface area (Å²) in [6.45, 7) is 12.3. The Labute approximate surface area is 217 Å². The molecule has 0 aliphatic carbocycles. The lowest BCUT2D eigenvalue weighted by Crippen LogP contribution is -2.44. The van der Waals surface area contributed by atoms with Crippen LogP contribution in [0.3, 0.4) is 0 Å². The first-order valence-corrected chi connectivity index (χ1v) is 12.5. The number of ether oxygens (including phenoxy) is 1. The van der Waals surface area contributed by atoms with Crippen LogP contribution >= 0.6 is 0 Å². The number of rotatable bonds is 7. The van der Waals surface area contributed by atoms with E-state index in [9.17, 15) is 4.79 Å². The van der Waals surface area contributed by atoms with Crippen LogP contribution < -0.4 is 25.2 Å². The first-order chi connectivity index (χ1) is 17.9. The molecule has 1 aromatic carbocycles. The van der Waals surface area contributed by atoms with Gasteiger partial charge in [-0.05, 0) is 50.7 Å². The fourth-order valence-electron chi connectivity index (χ4n) is 4.35. The van der Waals surface area contributed by atoms with E-state index in [-0.39, 0.29) is 11.7 Å². The summed E-state index contributed by atoms with van der Waals surface area (Å²) in [5.41, 5.74) is 3.20. The third-order valence-electron chi connectivity index (χ3n) is 6.48. The van der Waals surface area contributed by atoms with E-state index in [1.165, 1.54) is 0 Å². The van der Waals surface area contributed by atoms with E-state index in [1.54, 1.807) is 17.3 Å². The Hall–Kier alpha value is -4.18. The second-order valence-electron chi connectivity index (χ2n) is 9.34. The molecule has 2 aromatic heterocycles. The Morgan fingerprint density at radius 2 is 1.81 bits per heavy atom. The van der Waals surface area contributed by atoms with Crippen molar-refractivity contribution < 1.29 is 9.53 Å². The van der Waals surface area contributed by atoms with Crippen LogP contribution in [0, 0.1) is 6.92 Å². The zero-order valence-electron chi connectivity index (χ0n) is 21.5. The van der Waals surface area contributed by atoms with Crippen LogP contribution in [0.15, 0.2) is 55.1 Å². The average Bonchev–Trinajstić information content (AvgIpc) is 2.90. The average molecular weight is 501 g/mol. The third-order valence-corrected chi connectivity index (χ3v) is 6.48. The van der Waals surface area contributed by atoms with E-state index in [1.807, 2.05) is 44.2 Å². The van der Waals surface area contributed by atoms with Crippen LogP contribution in [0.2, 0.25) is 0 Å². The quantitative estimate of drug-likeness (QED) is 0.465. The van der Waals surface area contributed by atoms with Gasteiger partial charge in [0.25, 0.3) is 5.91 Å². The highest BCUT2D eigenvalue weighted by Crippen LogP contribution is 2.38. The second kappa shape index (κ2) is 10.4. The van der Waals surface area contributed by atoms with Crippen molar-refractivity contribution in [3.05, 3.63) is 60.6 Å². The lowest BCUT2D eigenvalue weighted by molar-refractivity contribution is -0.117. The van der Waals surface area contributed by atoms with E-state index in [2.05, 4.69) is 49.0 Å². The van der Waals surface area contributed by atoms with Crippen LogP contribution in [-0.2, 0) is 4.79 Å². The zero-order valence-corrected chi connectivity index (χ0v) is 21.5. The monoisotopic (exact) mass is 500 g/mol. The van der Waals surface area contributed by atoms with Crippen molar-refractivity contribution in [3.63, 3.8) is 0 Å². The maximum absolute atomic E-state index is 12.6. The maximum Gasteiger partial charge on any atom is 0.293 e. The lowest BCUT2D eigenvalue weighted by atomic mass is 10.2. The minimum Gasteiger partial charge on any atom is -0.450 e. The number of carbonyl (C=O) groups is 1. The molecule has 4 heterocycles. The molecule has 0 spiro atoms. The molecule has 3 aromatic rings. The van der Waals surface area contributed by atoms with E-state index >= 15 is 0 Å². The van der Waals surface area contributed by atoms with Crippen molar-refractivity contribution in [1.82, 2.24) is 19.9 Å². The van der Waals surface area contributed by atoms with Crippen molar-refractivity contribution in [2.45, 2.75) is 20.3 Å². The number of amides is 1. The van der Waals surface area contributed by atoms with Gasteiger partial charge in [0.1, 0.15) is 11.6 Å². The Morgan fingerprint density at radius 3 is 2.54 bits per heavy atom. The molecule has 192 valence electrons. The van der Waals surface area contributed by atoms with Crippen LogP contribution in [0.4, 0.5) is 34.6 Å². The molecule has 0 atom stereocenters. The summed E-state index contributed by atoms with van der Waals surface area (Å²) < 4.78 is 5.63. The first kappa shape index (κ1) is 24.5. The third kappa shape index (κ3) is 5.34. The molecule has 10 heteroatoms. The molecule has 10 nitrogen and oxygen atoms in total. The van der Waals surface area contributed by atoms with Gasteiger partial charge in [0.05, 0.1) is 17.6 Å². The van der Waals surface area contributed by atoms with Gasteiger partial charge in [-0.1, -0.05) is 13.5 Å². The highest BCUT2D eigenvalue weighted by Gasteiger charge is 2.28. The number of aromatic nitrogens is 3. The molecule has 1 amide bonds. The number of fused-ring (bicyclic) bond motifs is 1. The van der Waals surface area contributed by atoms with Gasteiger partial charge >= 0.3 is 0 Å². The number of carbonyl (C=O) groups excluding carboxylic acids is 1. The van der Waals surface area contributed by atoms with Gasteiger partial charge in [-0.2, -0.15) is 4.98 Å². The number of likely N-dealkylation sites (N-methyl/N-ethyl adjacent to an activating group) is 1. The minimum absolute atomic E-state index is 0.134. The molecule has 5 rings (SSSR count). The van der Waals surface area contributed by atoms with Gasteiger partial charge < -0.3 is 30.1 Å². The van der Waals surface area contributed by atoms with Gasteiger partial charge in [-0.3, -0.25) is 4.79 Å². The zero-order chi connectivity index (χ0) is 25.9. The number of anilines is 6. The van der Waals surface area contributed by atoms with Crippen molar-refractivity contribution in [1.29, 1.82) is 0 Å². The normalized spacial score (nSPS) is 15.9. The number of nitrogens with zero attached hydrogens (tertiary/aromatic N) is 6. The second-order valence-corrected chi connectivity index (χ2v) is 9.34. The van der Waals surface area contributed by atoms with Gasteiger partial charge in [0.2, 0.25) is 5.95 Å². The molecule has 2 aliphatic rings. The number of hydrogen-bond acceptors (Lipinski definition) is 9. The summed E-state index contributed by atoms with van der Waals surface area (Å²) in [4.78, 5) is 32.6. The number of aryl methyl sites for hydroxylation is 1. The fourth-order valence-corrected chi connectivity index (χ4v) is 4.35. The Morgan fingerprint density at radius 1 is 1.03 bits per heavy atom. The SMILES string of the molecule is C=C1Oc2ccc(Nc3nc(Nc4ccc(N5CCN(C)CC5)nc4)ncc3C)cc2N(CCC)C1=O. The van der Waals surface area contributed by atoms with E-state index in [0.717, 1.165) is 55.4 Å². The highest BCUT2D eigenvalue weighted by atomic mass is 16.5. The number of piperazine rings is 1. The van der Waals surface area contributed by atoms with Gasteiger partial charge in [0, 0.05) is 50.2 Å². The first-order valence-electron chi connectivity index (χ1n) is 12.5. The largest absolute Gasteiger partial charge is 0.450 e. The molecule has 0 bridgehead atoms. The predicted octanol–water partition coefficient (Wildman–Crippen LogP) is 4.07. The highest BCUT2D eigenvalue weighted by molar-refractivity contribution is 6.07. The Kier molecular flexibility index (Phi) is 6.91. The molecule has 1 saturated heterocycles.